The van der Waals surface area contributed by atoms with E-state index in [0.717, 1.165) is 23.9 Å². The minimum Gasteiger partial charge on any atom is -0.508 e. The lowest BCUT2D eigenvalue weighted by atomic mass is 10.2. The molecule has 0 fully saturated rings. The maximum Gasteiger partial charge on any atom is 0.363 e. The summed E-state index contributed by atoms with van der Waals surface area (Å²) < 4.78 is 21.3. The fourth-order valence-electron chi connectivity index (χ4n) is 3.30. The van der Waals surface area contributed by atoms with E-state index in [2.05, 4.69) is 101 Å². The number of benzene rings is 3. The van der Waals surface area contributed by atoms with Gasteiger partial charge in [0.05, 0.1) is 39.6 Å². The van der Waals surface area contributed by atoms with Gasteiger partial charge in [-0.3, -0.25) is 0 Å². The van der Waals surface area contributed by atoms with Crippen molar-refractivity contribution in [2.45, 2.75) is 41.2 Å². The Kier molecular flexibility index (Phi) is 320. The molecule has 0 aromatic heterocycles. The number of urea groups is 2. The summed E-state index contributed by atoms with van der Waals surface area (Å²) in [7, 11) is 3.16. The Bertz CT molecular complexity index is 2160. The molecular weight excluding hydrogens is 1300 g/mol. The summed E-state index contributed by atoms with van der Waals surface area (Å²) in [6.45, 7) is 14.3. The number of para-hydroxylation sites is 2. The summed E-state index contributed by atoms with van der Waals surface area (Å²) >= 11 is 0. The molecule has 2 aliphatic rings. The highest BCUT2D eigenvalue weighted by Gasteiger charge is 2.13. The number of azide groups is 3. The van der Waals surface area contributed by atoms with Crippen molar-refractivity contribution in [1.82, 2.24) is 71.7 Å². The number of phenols is 1. The lowest BCUT2D eigenvalue weighted by Crippen LogP contribution is -2.22. The van der Waals surface area contributed by atoms with Gasteiger partial charge >= 0.3 is 18.2 Å². The van der Waals surface area contributed by atoms with Crippen LogP contribution in [0.5, 0.6) is 11.5 Å². The molecule has 0 saturated carbocycles. The van der Waals surface area contributed by atoms with Gasteiger partial charge in [-0.15, -0.1) is 12.8 Å². The van der Waals surface area contributed by atoms with E-state index in [0.29, 0.717) is 71.9 Å². The molecule has 0 aliphatic carbocycles. The average molecular weight is 1420 g/mol. The number of carbonyl (C=O) groups is 5. The number of nitrogens with zero attached hydrogens (tertiary/aromatic N) is 14. The molecule has 50 heteroatoms. The van der Waals surface area contributed by atoms with Crippen LogP contribution in [-0.2, 0) is 39.8 Å². The van der Waals surface area contributed by atoms with Crippen molar-refractivity contribution in [3.63, 3.8) is 0 Å². The van der Waals surface area contributed by atoms with Crippen LogP contribution >= 0.6 is 0 Å². The van der Waals surface area contributed by atoms with Gasteiger partial charge in [0.25, 0.3) is 0 Å². The van der Waals surface area contributed by atoms with Crippen molar-refractivity contribution in [1.29, 1.82) is 5.41 Å². The lowest BCUT2D eigenvalue weighted by Gasteiger charge is -2.07. The molecular formula is C46H120N28O22. The number of terminal acetylenes is 1. The quantitative estimate of drug-likeness (QED) is 0.0119. The van der Waals surface area contributed by atoms with E-state index in [1.165, 1.54) is 17.5 Å². The molecule has 2 aliphatic heterocycles. The van der Waals surface area contributed by atoms with Gasteiger partial charge in [-0.2, -0.15) is 10.2 Å². The monoisotopic (exact) mass is 1420 g/mol. The predicted octanol–water partition coefficient (Wildman–Crippen LogP) is 1.86. The summed E-state index contributed by atoms with van der Waals surface area (Å²) in [6, 6.07) is 27.9. The molecule has 50 nitrogen and oxygen atoms in total. The maximum atomic E-state index is 10.2. The minimum atomic E-state index is -3.24. The Hall–Kier alpha value is -10.4. The van der Waals surface area contributed by atoms with Crippen LogP contribution in [-0.4, -0.2) is 194 Å². The van der Waals surface area contributed by atoms with Crippen LogP contribution in [0, 0.1) is 30.2 Å². The number of ether oxygens (including phenoxy) is 4. The van der Waals surface area contributed by atoms with Crippen molar-refractivity contribution in [3.05, 3.63) is 122 Å². The Labute approximate surface area is 559 Å². The zero-order chi connectivity index (χ0) is 59.9. The first kappa shape index (κ1) is 185. The number of aromatic hydroxyl groups is 1. The van der Waals surface area contributed by atoms with E-state index >= 15 is 0 Å². The third-order valence-corrected chi connectivity index (χ3v) is 6.13. The Morgan fingerprint density at radius 1 is 0.656 bits per heavy atom. The zero-order valence-electron chi connectivity index (χ0n) is 53.5. The van der Waals surface area contributed by atoms with Gasteiger partial charge in [0, 0.05) is 39.1 Å². The molecule has 576 valence electrons. The van der Waals surface area contributed by atoms with Crippen LogP contribution in [0.1, 0.15) is 34.3 Å². The Balaban J connectivity index is -0.0000000211. The first-order valence-electron chi connectivity index (χ1n) is 20.5. The van der Waals surface area contributed by atoms with E-state index < -0.39 is 6.10 Å². The highest BCUT2D eigenvalue weighted by Crippen LogP contribution is 2.08. The number of anilines is 1. The number of amides is 4. The molecule has 3 aromatic rings. The summed E-state index contributed by atoms with van der Waals surface area (Å²) in [6.07, 6.45) is 6.59. The summed E-state index contributed by atoms with van der Waals surface area (Å²) in [4.78, 5) is 60.8. The van der Waals surface area contributed by atoms with Gasteiger partial charge in [-0.05, 0) is 90.1 Å². The van der Waals surface area contributed by atoms with Crippen molar-refractivity contribution < 1.29 is 112 Å². The van der Waals surface area contributed by atoms with E-state index in [1.807, 2.05) is 73.8 Å². The molecule has 2 heterocycles. The van der Waals surface area contributed by atoms with Gasteiger partial charge in [0.2, 0.25) is 6.08 Å². The van der Waals surface area contributed by atoms with Gasteiger partial charge in [-0.25, -0.2) is 19.8 Å². The highest BCUT2D eigenvalue weighted by atomic mass is 16.7. The number of nitrogens with two attached hydrogens (primary N) is 2. The number of isocyanates is 1. The van der Waals surface area contributed by atoms with Crippen molar-refractivity contribution >= 4 is 44.2 Å². The molecule has 5 rings (SSSR count). The molecule has 0 bridgehead atoms. The minimum absolute atomic E-state index is 0. The van der Waals surface area contributed by atoms with Crippen molar-refractivity contribution in [2.24, 2.45) is 41.5 Å². The SMILES string of the molecule is C.C.C#C.C=O.C=O.C=O.CC#CN=[N+]=[N-].CCc1ccc(N)cc1.CN.CN1CN=NC1=O.N.N.N.N.N.N.N.N.N.N.N=C=O.O.O.O.O.O.O.O.O.O=C1N=NCN1.Oc1ccccc1.[N-]=[N+]=NC(O)(O)O.[N-]=[N+]=NCCOCCOCCOCCOc1ccccc1. The van der Waals surface area contributed by atoms with E-state index in [1.54, 1.807) is 38.2 Å². The van der Waals surface area contributed by atoms with E-state index in [-0.39, 0.29) is 132 Å². The largest absolute Gasteiger partial charge is 0.508 e. The van der Waals surface area contributed by atoms with Gasteiger partial charge in [0.15, 0.2) is 0 Å². The average Bonchev–Trinajstić information content (AvgIpc) is 4.10. The molecule has 3 aromatic carbocycles. The van der Waals surface area contributed by atoms with Gasteiger partial charge < -0.3 is 181 Å². The number of rotatable bonds is 15. The number of hydrogen-bond acceptors (Lipinski definition) is 32. The second-order valence-electron chi connectivity index (χ2n) is 11.1. The van der Waals surface area contributed by atoms with Crippen LogP contribution in [0.4, 0.5) is 15.3 Å². The fourth-order valence-corrected chi connectivity index (χ4v) is 3.30. The third-order valence-electron chi connectivity index (χ3n) is 6.13. The lowest BCUT2D eigenvalue weighted by molar-refractivity contribution is -0.305. The zero-order valence-corrected chi connectivity index (χ0v) is 53.5. The molecule has 56 N–H and O–H groups in total. The second-order valence-corrected chi connectivity index (χ2v) is 11.1. The van der Waals surface area contributed by atoms with Gasteiger partial charge in [0.1, 0.15) is 51.8 Å². The third kappa shape index (κ3) is 178. The number of azo groups is 2. The molecule has 0 saturated heterocycles. The number of aryl methyl sites for hydroxylation is 1. The number of hydrogen-bond donors (Lipinski definition) is 18. The number of phenolic OH excluding ortho intramolecular Hbond substituents is 1. The van der Waals surface area contributed by atoms with Crippen molar-refractivity contribution in [2.75, 3.05) is 86.0 Å². The molecule has 0 unspecified atom stereocenters. The maximum absolute atomic E-state index is 10.2. The molecule has 0 radical (unpaired) electrons. The number of carbonyl (C=O) groups excluding carboxylic acids is 6. The Morgan fingerprint density at radius 3 is 1.25 bits per heavy atom. The molecule has 96 heavy (non-hydrogen) atoms. The topological polar surface area (TPSA) is 1110 Å². The van der Waals surface area contributed by atoms with Crippen LogP contribution < -0.4 is 83.0 Å². The predicted molar refractivity (Wildman–Crippen MR) is 371 cm³/mol. The summed E-state index contributed by atoms with van der Waals surface area (Å²) in [5.41, 5.74) is 35.1. The smallest absolute Gasteiger partial charge is 0.363 e. The number of nitrogen functional groups attached to an aromatic ring is 1. The van der Waals surface area contributed by atoms with Gasteiger partial charge in [-0.1, -0.05) is 91.6 Å². The highest BCUT2D eigenvalue weighted by molar-refractivity contribution is 5.75. The summed E-state index contributed by atoms with van der Waals surface area (Å²) in [5, 5.41) is 61.0. The van der Waals surface area contributed by atoms with E-state index in [9.17, 15) is 9.59 Å². The van der Waals surface area contributed by atoms with Crippen LogP contribution in [0.25, 0.3) is 31.3 Å². The number of nitrogens with one attached hydrogen (secondary N) is 2. The summed E-state index contributed by atoms with van der Waals surface area (Å²) in [5.74, 6) is 3.56. The number of aliphatic hydroxyl groups is 3. The first-order valence-corrected chi connectivity index (χ1v) is 20.5. The van der Waals surface area contributed by atoms with Crippen LogP contribution in [0.2, 0.25) is 0 Å². The first-order chi connectivity index (χ1) is 36.7. The molecule has 0 spiro atoms. The standard InChI is InChI=1S/C14H21N3O4.C8H11N.C6H6O.C3H5N3O.C3H3N3.C2H3N3O.C2H2.CH3N3O3.CHNO.CH5N.3CH2O.2CH4.10H3N.8H2O/c15-17-16-6-7-18-8-9-19-10-11-20-12-13-21-14-4-2-1-3-5-14;1-2-7-3-5-8(9)6-4-7;7-6-4-2-1-3-5-6;1-6-2-4-5-3(6)7;1-2-3-5-6-4;6-2-3-1-4-5-2;1-2;2-4-3-1(5,6)7;2-1-3;4*1-2;;;;;;;;;;;;;;;;;;;;/h1-5H,6-13H2;3-6H,2,9H2,1H3;1-5,7H;2H2,1H3;1H3;1H2,(H,3,6);1-2H;5-7H;2H;2H2,1H3;3*1H2;2*1H4;10*1H3;8*1H2. The Morgan fingerprint density at radius 2 is 1.03 bits per heavy atom. The second kappa shape index (κ2) is 166. The van der Waals surface area contributed by atoms with E-state index in [4.69, 9.17) is 86.3 Å². The normalized spacial score (nSPS) is 7.54. The molecule has 0 atom stereocenters. The van der Waals surface area contributed by atoms with Crippen molar-refractivity contribution in [3.8, 4) is 36.3 Å². The van der Waals surface area contributed by atoms with Crippen LogP contribution in [0.3, 0.4) is 0 Å². The molecule has 4 amide bonds. The van der Waals surface area contributed by atoms with Crippen LogP contribution in [0.15, 0.2) is 121 Å². The fraction of sp³-hybridized carbons (Fsp3) is 0.391.